The Bertz CT molecular complexity index is 670. The van der Waals surface area contributed by atoms with Crippen molar-refractivity contribution in [1.82, 2.24) is 0 Å². The fraction of sp³-hybridized carbons (Fsp3) is 0. The van der Waals surface area contributed by atoms with Crippen molar-refractivity contribution in [2.75, 3.05) is 0 Å². The highest BCUT2D eigenvalue weighted by Crippen LogP contribution is 2.27. The second kappa shape index (κ2) is 5.76. The van der Waals surface area contributed by atoms with Gasteiger partial charge < -0.3 is 10.2 Å². The monoisotopic (exact) mass is 363 g/mol. The number of nitriles is 1. The minimum absolute atomic E-state index is 0.176. The molecule has 3 nitrogen and oxygen atoms in total. The van der Waals surface area contributed by atoms with Gasteiger partial charge in [0, 0.05) is 3.57 Å². The molecule has 0 saturated heterocycles. The van der Waals surface area contributed by atoms with E-state index in [1.807, 2.05) is 24.3 Å². The molecule has 0 unspecified atom stereocenters. The van der Waals surface area contributed by atoms with Crippen LogP contribution in [0.15, 0.2) is 42.5 Å². The summed E-state index contributed by atoms with van der Waals surface area (Å²) < 4.78 is 1.10. The Morgan fingerprint density at radius 3 is 2.32 bits per heavy atom. The second-order valence-electron chi connectivity index (χ2n) is 3.92. The molecule has 0 bridgehead atoms. The number of allylic oxidation sites excluding steroid dienone is 1. The predicted molar refractivity (Wildman–Crippen MR) is 82.4 cm³/mol. The van der Waals surface area contributed by atoms with E-state index in [4.69, 9.17) is 0 Å². The van der Waals surface area contributed by atoms with E-state index in [1.165, 1.54) is 12.1 Å². The smallest absolute Gasteiger partial charge is 0.157 e. The number of rotatable bonds is 2. The Labute approximate surface area is 124 Å². The third kappa shape index (κ3) is 3.26. The summed E-state index contributed by atoms with van der Waals surface area (Å²) in [5.74, 6) is -0.376. The molecule has 4 heteroatoms. The Kier molecular flexibility index (Phi) is 4.07. The lowest BCUT2D eigenvalue weighted by atomic mass is 10.0. The van der Waals surface area contributed by atoms with Gasteiger partial charge in [0.15, 0.2) is 11.5 Å². The molecule has 0 aliphatic heterocycles. The van der Waals surface area contributed by atoms with Crippen LogP contribution in [0.5, 0.6) is 11.5 Å². The highest BCUT2D eigenvalue weighted by molar-refractivity contribution is 14.1. The molecule has 0 amide bonds. The molecule has 94 valence electrons. The third-order valence-corrected chi connectivity index (χ3v) is 3.31. The molecule has 2 N–H and O–H groups in total. The molecule has 0 fully saturated rings. The van der Waals surface area contributed by atoms with Crippen LogP contribution in [0.3, 0.4) is 0 Å². The summed E-state index contributed by atoms with van der Waals surface area (Å²) in [5.41, 5.74) is 1.97. The number of benzene rings is 2. The van der Waals surface area contributed by atoms with Crippen molar-refractivity contribution in [1.29, 1.82) is 5.26 Å². The normalized spacial score (nSPS) is 11.1. The Morgan fingerprint density at radius 2 is 1.74 bits per heavy atom. The van der Waals surface area contributed by atoms with E-state index in [9.17, 15) is 15.5 Å². The summed E-state index contributed by atoms with van der Waals surface area (Å²) >= 11 is 2.20. The molecule has 0 saturated carbocycles. The highest BCUT2D eigenvalue weighted by Gasteiger charge is 2.03. The Hall–Kier alpha value is -2.00. The minimum atomic E-state index is -0.200. The quantitative estimate of drug-likeness (QED) is 0.370. The zero-order valence-corrected chi connectivity index (χ0v) is 12.0. The number of halogens is 1. The molecule has 0 radical (unpaired) electrons. The maximum absolute atomic E-state index is 9.43. The van der Waals surface area contributed by atoms with Crippen molar-refractivity contribution >= 4 is 34.2 Å². The molecule has 2 rings (SSSR count). The Morgan fingerprint density at radius 1 is 1.05 bits per heavy atom. The van der Waals surface area contributed by atoms with Crippen molar-refractivity contribution in [2.45, 2.75) is 0 Å². The average Bonchev–Trinajstić information content (AvgIpc) is 2.41. The third-order valence-electron chi connectivity index (χ3n) is 2.59. The minimum Gasteiger partial charge on any atom is -0.504 e. The zero-order valence-electron chi connectivity index (χ0n) is 9.84. The van der Waals surface area contributed by atoms with E-state index in [1.54, 1.807) is 12.1 Å². The first-order chi connectivity index (χ1) is 9.10. The van der Waals surface area contributed by atoms with E-state index in [2.05, 4.69) is 28.7 Å². The molecule has 0 spiro atoms. The summed E-state index contributed by atoms with van der Waals surface area (Å²) in [6.45, 7) is 0. The maximum Gasteiger partial charge on any atom is 0.157 e. The number of hydrogen-bond acceptors (Lipinski definition) is 3. The summed E-state index contributed by atoms with van der Waals surface area (Å²) in [6, 6.07) is 14.2. The van der Waals surface area contributed by atoms with Crippen molar-refractivity contribution in [3.63, 3.8) is 0 Å². The van der Waals surface area contributed by atoms with E-state index in [0.29, 0.717) is 11.1 Å². The molecule has 2 aromatic carbocycles. The first-order valence-corrected chi connectivity index (χ1v) is 6.58. The van der Waals surface area contributed by atoms with Crippen LogP contribution in [0, 0.1) is 14.9 Å². The van der Waals surface area contributed by atoms with E-state index < -0.39 is 0 Å². The van der Waals surface area contributed by atoms with E-state index >= 15 is 0 Å². The van der Waals surface area contributed by atoms with Gasteiger partial charge in [0.2, 0.25) is 0 Å². The van der Waals surface area contributed by atoms with Crippen LogP contribution < -0.4 is 0 Å². The zero-order chi connectivity index (χ0) is 13.8. The van der Waals surface area contributed by atoms with Gasteiger partial charge >= 0.3 is 0 Å². The largest absolute Gasteiger partial charge is 0.504 e. The maximum atomic E-state index is 9.43. The van der Waals surface area contributed by atoms with Gasteiger partial charge in [0.25, 0.3) is 0 Å². The van der Waals surface area contributed by atoms with Crippen LogP contribution in [0.2, 0.25) is 0 Å². The average molecular weight is 363 g/mol. The molecule has 0 aliphatic carbocycles. The Balaban J connectivity index is 2.41. The van der Waals surface area contributed by atoms with Crippen molar-refractivity contribution in [3.8, 4) is 17.6 Å². The van der Waals surface area contributed by atoms with Gasteiger partial charge in [-0.25, -0.2) is 0 Å². The lowest BCUT2D eigenvalue weighted by molar-refractivity contribution is 0.403. The van der Waals surface area contributed by atoms with Gasteiger partial charge in [-0.05, 0) is 64.1 Å². The topological polar surface area (TPSA) is 64.2 Å². The fourth-order valence-electron chi connectivity index (χ4n) is 1.61. The second-order valence-corrected chi connectivity index (χ2v) is 5.17. The van der Waals surface area contributed by atoms with Gasteiger partial charge in [-0.1, -0.05) is 18.2 Å². The van der Waals surface area contributed by atoms with Crippen LogP contribution in [0.1, 0.15) is 11.1 Å². The first kappa shape index (κ1) is 13.4. The summed E-state index contributed by atoms with van der Waals surface area (Å²) in [5, 5.41) is 27.9. The number of phenolic OH excluding ortho intramolecular Hbond substituents is 2. The van der Waals surface area contributed by atoms with Crippen molar-refractivity contribution < 1.29 is 10.2 Å². The lowest BCUT2D eigenvalue weighted by Gasteiger charge is -2.02. The van der Waals surface area contributed by atoms with Gasteiger partial charge in [-0.15, -0.1) is 0 Å². The van der Waals surface area contributed by atoms with Crippen LogP contribution >= 0.6 is 22.6 Å². The first-order valence-electron chi connectivity index (χ1n) is 5.50. The fourth-order valence-corrected chi connectivity index (χ4v) is 1.97. The molecule has 0 aromatic heterocycles. The van der Waals surface area contributed by atoms with Crippen molar-refractivity contribution in [3.05, 3.63) is 57.2 Å². The number of phenols is 2. The lowest BCUT2D eigenvalue weighted by Crippen LogP contribution is -1.83. The summed E-state index contributed by atoms with van der Waals surface area (Å²) in [7, 11) is 0. The van der Waals surface area contributed by atoms with Gasteiger partial charge in [-0.2, -0.15) is 5.26 Å². The molecular weight excluding hydrogens is 353 g/mol. The van der Waals surface area contributed by atoms with Gasteiger partial charge in [0.1, 0.15) is 0 Å². The number of hydrogen-bond donors (Lipinski definition) is 2. The van der Waals surface area contributed by atoms with Crippen LogP contribution in [0.4, 0.5) is 0 Å². The van der Waals surface area contributed by atoms with Crippen molar-refractivity contribution in [2.24, 2.45) is 0 Å². The standard InChI is InChI=1S/C15H10INO2/c16-13-4-2-11(3-5-13)12(9-17)7-10-1-6-14(18)15(19)8-10/h1-8,18-19H. The molecule has 0 heterocycles. The summed E-state index contributed by atoms with van der Waals surface area (Å²) in [6.07, 6.45) is 1.67. The van der Waals surface area contributed by atoms with Crippen LogP contribution in [0.25, 0.3) is 11.6 Å². The van der Waals surface area contributed by atoms with E-state index in [-0.39, 0.29) is 11.5 Å². The number of nitrogens with zero attached hydrogens (tertiary/aromatic N) is 1. The number of aromatic hydroxyl groups is 2. The van der Waals surface area contributed by atoms with Crippen LogP contribution in [-0.2, 0) is 0 Å². The summed E-state index contributed by atoms with van der Waals surface area (Å²) in [4.78, 5) is 0. The molecular formula is C15H10INO2. The van der Waals surface area contributed by atoms with Gasteiger partial charge in [0.05, 0.1) is 11.6 Å². The molecule has 0 atom stereocenters. The molecule has 0 aliphatic rings. The highest BCUT2D eigenvalue weighted by atomic mass is 127. The molecule has 2 aromatic rings. The van der Waals surface area contributed by atoms with Gasteiger partial charge in [-0.3, -0.25) is 0 Å². The van der Waals surface area contributed by atoms with Crippen LogP contribution in [-0.4, -0.2) is 10.2 Å². The molecule has 19 heavy (non-hydrogen) atoms. The predicted octanol–water partition coefficient (Wildman–Crippen LogP) is 3.77. The van der Waals surface area contributed by atoms with E-state index in [0.717, 1.165) is 9.13 Å². The SMILES string of the molecule is N#CC(=Cc1ccc(O)c(O)c1)c1ccc(I)cc1.